The number of aromatic hydroxyl groups is 1. The van der Waals surface area contributed by atoms with Crippen molar-refractivity contribution in [3.8, 4) is 11.5 Å². The van der Waals surface area contributed by atoms with E-state index in [0.717, 1.165) is 4.90 Å². The van der Waals surface area contributed by atoms with E-state index >= 15 is 0 Å². The second kappa shape index (κ2) is 8.84. The predicted octanol–water partition coefficient (Wildman–Crippen LogP) is 3.84. The van der Waals surface area contributed by atoms with Crippen LogP contribution in [-0.4, -0.2) is 29.6 Å². The van der Waals surface area contributed by atoms with Crippen LogP contribution in [0.1, 0.15) is 18.1 Å². The molecule has 2 N–H and O–H groups in total. The summed E-state index contributed by atoms with van der Waals surface area (Å²) in [6, 6.07) is 8.36. The Morgan fingerprint density at radius 1 is 1.20 bits per heavy atom. The molecule has 0 saturated carbocycles. The number of hydrogen-bond donors (Lipinski definition) is 2. The average Bonchev–Trinajstić information content (AvgIpc) is 2.70. The SMILES string of the molecule is C=CCc1cc(/C=C2\C(=O)NC(=O)N(c3ccc(Cl)cc3)C2=O)cc(OCC)c1O. The number of rotatable bonds is 6. The number of imide groups is 2. The lowest BCUT2D eigenvalue weighted by Crippen LogP contribution is -2.54. The third-order valence-corrected chi connectivity index (χ3v) is 4.59. The number of amides is 4. The van der Waals surface area contributed by atoms with Gasteiger partial charge in [-0.05, 0) is 61.4 Å². The molecule has 0 bridgehead atoms. The first-order chi connectivity index (χ1) is 14.3. The van der Waals surface area contributed by atoms with Gasteiger partial charge in [0, 0.05) is 10.6 Å². The molecule has 1 aliphatic rings. The Morgan fingerprint density at radius 2 is 1.90 bits per heavy atom. The summed E-state index contributed by atoms with van der Waals surface area (Å²) in [5, 5.41) is 12.9. The van der Waals surface area contributed by atoms with Gasteiger partial charge in [0.2, 0.25) is 0 Å². The topological polar surface area (TPSA) is 95.9 Å². The van der Waals surface area contributed by atoms with Crippen LogP contribution >= 0.6 is 11.6 Å². The Labute approximate surface area is 178 Å². The number of ether oxygens (including phenoxy) is 1. The van der Waals surface area contributed by atoms with Gasteiger partial charge in [0.15, 0.2) is 11.5 Å². The molecule has 1 aliphatic heterocycles. The molecule has 8 heteroatoms. The summed E-state index contributed by atoms with van der Waals surface area (Å²) >= 11 is 5.87. The summed E-state index contributed by atoms with van der Waals surface area (Å²) < 4.78 is 5.45. The standard InChI is InChI=1S/C22H19ClN2O5/c1-3-5-14-10-13(12-18(19(14)26)30-4-2)11-17-20(27)24-22(29)25(21(17)28)16-8-6-15(23)7-9-16/h3,6-12,26H,1,4-5H2,2H3,(H,24,27,29)/b17-11+. The Morgan fingerprint density at radius 3 is 2.53 bits per heavy atom. The molecule has 1 saturated heterocycles. The lowest BCUT2D eigenvalue weighted by molar-refractivity contribution is -0.122. The molecule has 30 heavy (non-hydrogen) atoms. The zero-order chi connectivity index (χ0) is 21.8. The normalized spacial score (nSPS) is 15.3. The minimum Gasteiger partial charge on any atom is -0.504 e. The molecule has 0 atom stereocenters. The smallest absolute Gasteiger partial charge is 0.335 e. The quantitative estimate of drug-likeness (QED) is 0.415. The van der Waals surface area contributed by atoms with Gasteiger partial charge in [-0.2, -0.15) is 0 Å². The van der Waals surface area contributed by atoms with Gasteiger partial charge < -0.3 is 9.84 Å². The predicted molar refractivity (Wildman–Crippen MR) is 114 cm³/mol. The van der Waals surface area contributed by atoms with Crippen LogP contribution in [0.15, 0.2) is 54.6 Å². The van der Waals surface area contributed by atoms with Crippen LogP contribution in [0.3, 0.4) is 0 Å². The van der Waals surface area contributed by atoms with E-state index in [2.05, 4.69) is 11.9 Å². The van der Waals surface area contributed by atoms with E-state index in [9.17, 15) is 19.5 Å². The molecule has 0 radical (unpaired) electrons. The van der Waals surface area contributed by atoms with Crippen molar-refractivity contribution in [3.05, 3.63) is 70.8 Å². The molecule has 1 fully saturated rings. The third kappa shape index (κ3) is 4.21. The number of nitrogens with zero attached hydrogens (tertiary/aromatic N) is 1. The highest BCUT2D eigenvalue weighted by Gasteiger charge is 2.36. The maximum atomic E-state index is 13.0. The molecule has 7 nitrogen and oxygen atoms in total. The number of phenols is 1. The Bertz CT molecular complexity index is 1060. The molecule has 154 valence electrons. The summed E-state index contributed by atoms with van der Waals surface area (Å²) in [5.41, 5.74) is 1.02. The van der Waals surface area contributed by atoms with E-state index in [1.165, 1.54) is 36.4 Å². The first kappa shape index (κ1) is 21.1. The molecule has 4 amide bonds. The first-order valence-corrected chi connectivity index (χ1v) is 9.50. The lowest BCUT2D eigenvalue weighted by atomic mass is 10.0. The second-order valence-corrected chi connectivity index (χ2v) is 6.82. The molecule has 1 heterocycles. The molecule has 0 aliphatic carbocycles. The lowest BCUT2D eigenvalue weighted by Gasteiger charge is -2.26. The molecular weight excluding hydrogens is 408 g/mol. The highest BCUT2D eigenvalue weighted by molar-refractivity contribution is 6.39. The van der Waals surface area contributed by atoms with Crippen LogP contribution in [0, 0.1) is 0 Å². The number of urea groups is 1. The number of phenolic OH excluding ortho intramolecular Hbond substituents is 1. The van der Waals surface area contributed by atoms with Crippen molar-refractivity contribution in [1.82, 2.24) is 5.32 Å². The fraction of sp³-hybridized carbons (Fsp3) is 0.136. The van der Waals surface area contributed by atoms with E-state index in [0.29, 0.717) is 29.2 Å². The van der Waals surface area contributed by atoms with Gasteiger partial charge in [0.1, 0.15) is 5.57 Å². The van der Waals surface area contributed by atoms with Crippen LogP contribution in [0.5, 0.6) is 11.5 Å². The zero-order valence-electron chi connectivity index (χ0n) is 16.1. The number of anilines is 1. The fourth-order valence-corrected chi connectivity index (χ4v) is 3.12. The third-order valence-electron chi connectivity index (χ3n) is 4.34. The van der Waals surface area contributed by atoms with Crippen molar-refractivity contribution in [2.24, 2.45) is 0 Å². The number of barbiturate groups is 1. The van der Waals surface area contributed by atoms with E-state index in [1.54, 1.807) is 19.1 Å². The van der Waals surface area contributed by atoms with Gasteiger partial charge in [-0.1, -0.05) is 17.7 Å². The summed E-state index contributed by atoms with van der Waals surface area (Å²) in [4.78, 5) is 38.5. The number of allylic oxidation sites excluding steroid dienone is 1. The van der Waals surface area contributed by atoms with Gasteiger partial charge in [0.05, 0.1) is 12.3 Å². The molecule has 2 aromatic rings. The molecule has 0 spiro atoms. The zero-order valence-corrected chi connectivity index (χ0v) is 16.9. The average molecular weight is 427 g/mol. The highest BCUT2D eigenvalue weighted by atomic mass is 35.5. The van der Waals surface area contributed by atoms with Crippen molar-refractivity contribution in [1.29, 1.82) is 0 Å². The van der Waals surface area contributed by atoms with Gasteiger partial charge in [-0.25, -0.2) is 9.69 Å². The monoisotopic (exact) mass is 426 g/mol. The van der Waals surface area contributed by atoms with E-state index in [4.69, 9.17) is 16.3 Å². The second-order valence-electron chi connectivity index (χ2n) is 6.39. The summed E-state index contributed by atoms with van der Waals surface area (Å²) in [6.45, 7) is 5.75. The Balaban J connectivity index is 2.05. The van der Waals surface area contributed by atoms with Crippen molar-refractivity contribution in [3.63, 3.8) is 0 Å². The molecule has 0 unspecified atom stereocenters. The number of nitrogens with one attached hydrogen (secondary N) is 1. The molecular formula is C22H19ClN2O5. The summed E-state index contributed by atoms with van der Waals surface area (Å²) in [5.74, 6) is -1.40. The van der Waals surface area contributed by atoms with Gasteiger partial charge >= 0.3 is 6.03 Å². The fourth-order valence-electron chi connectivity index (χ4n) is 3.00. The number of hydrogen-bond acceptors (Lipinski definition) is 5. The van der Waals surface area contributed by atoms with Crippen molar-refractivity contribution in [2.75, 3.05) is 11.5 Å². The van der Waals surface area contributed by atoms with Gasteiger partial charge in [0.25, 0.3) is 11.8 Å². The van der Waals surface area contributed by atoms with E-state index in [1.807, 2.05) is 0 Å². The summed E-state index contributed by atoms with van der Waals surface area (Å²) in [6.07, 6.45) is 3.32. The van der Waals surface area contributed by atoms with E-state index in [-0.39, 0.29) is 22.8 Å². The number of halogens is 1. The van der Waals surface area contributed by atoms with Crippen LogP contribution in [-0.2, 0) is 16.0 Å². The van der Waals surface area contributed by atoms with Crippen molar-refractivity contribution < 1.29 is 24.2 Å². The Kier molecular flexibility index (Phi) is 6.23. The minimum absolute atomic E-state index is 0.0312. The summed E-state index contributed by atoms with van der Waals surface area (Å²) in [7, 11) is 0. The maximum absolute atomic E-state index is 13.0. The molecule has 0 aromatic heterocycles. The first-order valence-electron chi connectivity index (χ1n) is 9.12. The van der Waals surface area contributed by atoms with Crippen LogP contribution in [0.25, 0.3) is 6.08 Å². The molecule has 3 rings (SSSR count). The minimum atomic E-state index is -0.850. The largest absolute Gasteiger partial charge is 0.504 e. The maximum Gasteiger partial charge on any atom is 0.335 e. The van der Waals surface area contributed by atoms with Crippen LogP contribution < -0.4 is 15.0 Å². The number of carbonyl (C=O) groups is 3. The number of benzene rings is 2. The van der Waals surface area contributed by atoms with Crippen LogP contribution in [0.2, 0.25) is 5.02 Å². The van der Waals surface area contributed by atoms with Gasteiger partial charge in [-0.3, -0.25) is 14.9 Å². The van der Waals surface area contributed by atoms with E-state index < -0.39 is 17.8 Å². The van der Waals surface area contributed by atoms with Gasteiger partial charge in [-0.15, -0.1) is 6.58 Å². The van der Waals surface area contributed by atoms with Crippen LogP contribution in [0.4, 0.5) is 10.5 Å². The number of carbonyl (C=O) groups excluding carboxylic acids is 3. The van der Waals surface area contributed by atoms with Crippen molar-refractivity contribution >= 4 is 41.2 Å². The highest BCUT2D eigenvalue weighted by Crippen LogP contribution is 2.33. The van der Waals surface area contributed by atoms with Crippen molar-refractivity contribution in [2.45, 2.75) is 13.3 Å². The molecule has 2 aromatic carbocycles. The Hall–Kier alpha value is -3.58.